The molecule has 1 rings (SSSR count). The molecule has 0 aliphatic carbocycles. The first-order valence-corrected chi connectivity index (χ1v) is 7.78. The number of carbonyl (C=O) groups excluding carboxylic acids is 1. The van der Waals surface area contributed by atoms with E-state index in [0.717, 1.165) is 6.42 Å². The average Bonchev–Trinajstić information content (AvgIpc) is 2.43. The Balaban J connectivity index is 2.85. The number of nitrogens with two attached hydrogens (primary N) is 1. The van der Waals surface area contributed by atoms with Crippen molar-refractivity contribution in [3.05, 3.63) is 24.0 Å². The largest absolute Gasteiger partial charge is 0.388 e. The van der Waals surface area contributed by atoms with E-state index in [1.54, 1.807) is 0 Å². The van der Waals surface area contributed by atoms with Crippen LogP contribution < -0.4 is 15.8 Å². The van der Waals surface area contributed by atoms with Crippen molar-refractivity contribution in [2.75, 3.05) is 13.1 Å². The monoisotopic (exact) mass is 316 g/mol. The fraction of sp³-hybridized carbons (Fsp3) is 0.364. The van der Waals surface area contributed by atoms with Crippen LogP contribution >= 0.6 is 12.2 Å². The van der Waals surface area contributed by atoms with Gasteiger partial charge in [0, 0.05) is 12.7 Å². The normalized spacial score (nSPS) is 11.1. The second kappa shape index (κ2) is 7.27. The first-order chi connectivity index (χ1) is 9.38. The SMILES string of the molecule is CCCNC(=O)CNS(=O)(=O)c1cccnc1C(N)=S. The number of thiocarbonyl (C=S) groups is 1. The van der Waals surface area contributed by atoms with Crippen LogP contribution in [0, 0.1) is 0 Å². The lowest BCUT2D eigenvalue weighted by molar-refractivity contribution is -0.119. The summed E-state index contributed by atoms with van der Waals surface area (Å²) in [7, 11) is -3.90. The van der Waals surface area contributed by atoms with E-state index in [4.69, 9.17) is 18.0 Å². The second-order valence-corrected chi connectivity index (χ2v) is 6.06. The van der Waals surface area contributed by atoms with Crippen molar-refractivity contribution in [3.63, 3.8) is 0 Å². The summed E-state index contributed by atoms with van der Waals surface area (Å²) in [6.07, 6.45) is 2.16. The van der Waals surface area contributed by atoms with Crippen LogP contribution in [0.5, 0.6) is 0 Å². The van der Waals surface area contributed by atoms with E-state index in [1.165, 1.54) is 18.3 Å². The Labute approximate surface area is 123 Å². The molecule has 9 heteroatoms. The molecule has 0 fully saturated rings. The summed E-state index contributed by atoms with van der Waals surface area (Å²) < 4.78 is 26.4. The third kappa shape index (κ3) is 4.51. The van der Waals surface area contributed by atoms with E-state index in [0.29, 0.717) is 6.54 Å². The fourth-order valence-corrected chi connectivity index (χ4v) is 2.74. The van der Waals surface area contributed by atoms with Gasteiger partial charge in [-0.25, -0.2) is 13.1 Å². The number of carbonyl (C=O) groups is 1. The van der Waals surface area contributed by atoms with Crippen LogP contribution in [-0.2, 0) is 14.8 Å². The topological polar surface area (TPSA) is 114 Å². The predicted molar refractivity (Wildman–Crippen MR) is 78.6 cm³/mol. The molecule has 1 amide bonds. The minimum absolute atomic E-state index is 0.00367. The Hall–Kier alpha value is -1.58. The van der Waals surface area contributed by atoms with Gasteiger partial charge in [-0.3, -0.25) is 9.78 Å². The Morgan fingerprint density at radius 3 is 2.80 bits per heavy atom. The van der Waals surface area contributed by atoms with Gasteiger partial charge in [0.1, 0.15) is 15.6 Å². The molecule has 1 heterocycles. The zero-order valence-electron chi connectivity index (χ0n) is 10.9. The van der Waals surface area contributed by atoms with Gasteiger partial charge in [-0.1, -0.05) is 19.1 Å². The molecule has 0 spiro atoms. The maximum atomic E-state index is 12.1. The standard InChI is InChI=1S/C11H16N4O3S2/c1-2-5-13-9(16)7-15-20(17,18)8-4-3-6-14-10(8)11(12)19/h3-4,6,15H,2,5,7H2,1H3,(H2,12,19)(H,13,16). The highest BCUT2D eigenvalue weighted by Crippen LogP contribution is 2.12. The van der Waals surface area contributed by atoms with E-state index < -0.39 is 15.9 Å². The Kier molecular flexibility index (Phi) is 5.99. The van der Waals surface area contributed by atoms with Crippen molar-refractivity contribution in [2.45, 2.75) is 18.2 Å². The lowest BCUT2D eigenvalue weighted by Gasteiger charge is -2.09. The van der Waals surface area contributed by atoms with Crippen LogP contribution in [0.25, 0.3) is 0 Å². The summed E-state index contributed by atoms with van der Waals surface area (Å²) in [5.74, 6) is -0.406. The molecule has 1 aromatic rings. The number of nitrogens with zero attached hydrogens (tertiary/aromatic N) is 1. The zero-order valence-corrected chi connectivity index (χ0v) is 12.6. The number of nitrogens with one attached hydrogen (secondary N) is 2. The number of aromatic nitrogens is 1. The van der Waals surface area contributed by atoms with Gasteiger partial charge in [-0.2, -0.15) is 0 Å². The number of hydrogen-bond acceptors (Lipinski definition) is 5. The fourth-order valence-electron chi connectivity index (χ4n) is 1.36. The van der Waals surface area contributed by atoms with Crippen LogP contribution in [0.15, 0.2) is 23.2 Å². The quantitative estimate of drug-likeness (QED) is 0.585. The van der Waals surface area contributed by atoms with Crippen molar-refractivity contribution >= 4 is 33.1 Å². The van der Waals surface area contributed by atoms with Crippen molar-refractivity contribution < 1.29 is 13.2 Å². The summed E-state index contributed by atoms with van der Waals surface area (Å²) in [6, 6.07) is 2.78. The summed E-state index contributed by atoms with van der Waals surface area (Å²) in [5.41, 5.74) is 5.43. The molecule has 0 saturated heterocycles. The molecule has 0 aliphatic rings. The molecule has 0 aromatic carbocycles. The molecule has 0 bridgehead atoms. The molecule has 0 atom stereocenters. The molecule has 0 radical (unpaired) electrons. The number of hydrogen-bond donors (Lipinski definition) is 3. The highest BCUT2D eigenvalue weighted by Gasteiger charge is 2.21. The van der Waals surface area contributed by atoms with Gasteiger partial charge in [0.25, 0.3) is 0 Å². The number of pyridine rings is 1. The van der Waals surface area contributed by atoms with Gasteiger partial charge < -0.3 is 11.1 Å². The second-order valence-electron chi connectivity index (χ2n) is 3.89. The zero-order chi connectivity index (χ0) is 15.2. The maximum absolute atomic E-state index is 12.1. The summed E-state index contributed by atoms with van der Waals surface area (Å²) >= 11 is 4.76. The summed E-state index contributed by atoms with van der Waals surface area (Å²) in [5, 5.41) is 2.56. The first kappa shape index (κ1) is 16.5. The molecule has 7 nitrogen and oxygen atoms in total. The first-order valence-electron chi connectivity index (χ1n) is 5.89. The third-order valence-electron chi connectivity index (χ3n) is 2.29. The number of sulfonamides is 1. The van der Waals surface area contributed by atoms with Crippen LogP contribution in [0.4, 0.5) is 0 Å². The van der Waals surface area contributed by atoms with E-state index in [-0.39, 0.29) is 22.1 Å². The van der Waals surface area contributed by atoms with Crippen molar-refractivity contribution in [2.24, 2.45) is 5.73 Å². The van der Waals surface area contributed by atoms with Gasteiger partial charge in [0.2, 0.25) is 15.9 Å². The number of rotatable bonds is 7. The maximum Gasteiger partial charge on any atom is 0.243 e. The van der Waals surface area contributed by atoms with Gasteiger partial charge >= 0.3 is 0 Å². The van der Waals surface area contributed by atoms with Crippen LogP contribution in [-0.4, -0.2) is 37.4 Å². The predicted octanol–water partition coefficient (Wildman–Crippen LogP) is -0.480. The molecule has 0 saturated carbocycles. The van der Waals surface area contributed by atoms with Crippen LogP contribution in [0.3, 0.4) is 0 Å². The van der Waals surface area contributed by atoms with Gasteiger partial charge in [-0.15, -0.1) is 0 Å². The molecular formula is C11H16N4O3S2. The Morgan fingerprint density at radius 2 is 2.20 bits per heavy atom. The Morgan fingerprint density at radius 1 is 1.50 bits per heavy atom. The van der Waals surface area contributed by atoms with Crippen LogP contribution in [0.2, 0.25) is 0 Å². The third-order valence-corrected chi connectivity index (χ3v) is 3.91. The van der Waals surface area contributed by atoms with E-state index in [9.17, 15) is 13.2 Å². The highest BCUT2D eigenvalue weighted by molar-refractivity contribution is 7.89. The Bertz CT molecular complexity index is 601. The molecule has 4 N–H and O–H groups in total. The molecule has 20 heavy (non-hydrogen) atoms. The van der Waals surface area contributed by atoms with E-state index in [2.05, 4.69) is 15.0 Å². The average molecular weight is 316 g/mol. The van der Waals surface area contributed by atoms with Crippen molar-refractivity contribution in [1.82, 2.24) is 15.0 Å². The van der Waals surface area contributed by atoms with E-state index >= 15 is 0 Å². The van der Waals surface area contributed by atoms with Crippen molar-refractivity contribution in [3.8, 4) is 0 Å². The molecule has 0 unspecified atom stereocenters. The smallest absolute Gasteiger partial charge is 0.243 e. The van der Waals surface area contributed by atoms with Crippen molar-refractivity contribution in [1.29, 1.82) is 0 Å². The molecule has 110 valence electrons. The summed E-state index contributed by atoms with van der Waals surface area (Å²) in [6.45, 7) is 2.04. The molecule has 0 aliphatic heterocycles. The minimum Gasteiger partial charge on any atom is -0.388 e. The highest BCUT2D eigenvalue weighted by atomic mass is 32.2. The minimum atomic E-state index is -3.90. The van der Waals surface area contributed by atoms with Crippen LogP contribution in [0.1, 0.15) is 19.0 Å². The molecular weight excluding hydrogens is 300 g/mol. The number of amides is 1. The summed E-state index contributed by atoms with van der Waals surface area (Å²) in [4.78, 5) is 15.0. The van der Waals surface area contributed by atoms with E-state index in [1.807, 2.05) is 6.92 Å². The van der Waals surface area contributed by atoms with Gasteiger partial charge in [0.05, 0.1) is 6.54 Å². The van der Waals surface area contributed by atoms with Gasteiger partial charge in [-0.05, 0) is 18.6 Å². The van der Waals surface area contributed by atoms with Gasteiger partial charge in [0.15, 0.2) is 0 Å². The lowest BCUT2D eigenvalue weighted by Crippen LogP contribution is -2.37. The molecule has 1 aromatic heterocycles. The lowest BCUT2D eigenvalue weighted by atomic mass is 10.3.